The molecule has 1 aromatic rings. The highest BCUT2D eigenvalue weighted by atomic mass is 16.4. The lowest BCUT2D eigenvalue weighted by atomic mass is 9.85. The highest BCUT2D eigenvalue weighted by molar-refractivity contribution is 5.95. The molecule has 7 heteroatoms. The number of hydrogen-bond donors (Lipinski definition) is 6. The maximum atomic E-state index is 9.72. The Kier molecular flexibility index (Phi) is 4.13. The predicted octanol–water partition coefficient (Wildman–Crippen LogP) is -1.73. The lowest BCUT2D eigenvalue weighted by Crippen LogP contribution is -2.61. The average molecular weight is 268 g/mol. The minimum absolute atomic E-state index is 0.228. The Hall–Kier alpha value is -1.51. The lowest BCUT2D eigenvalue weighted by molar-refractivity contribution is -0.130. The molecule has 0 radical (unpaired) electrons. The molecule has 0 aliphatic heterocycles. The van der Waals surface area contributed by atoms with Gasteiger partial charge in [0.15, 0.2) is 0 Å². The molecule has 1 saturated carbocycles. The number of aliphatic hydroxyl groups is 5. The van der Waals surface area contributed by atoms with Crippen molar-refractivity contribution in [3.8, 4) is 0 Å². The summed E-state index contributed by atoms with van der Waals surface area (Å²) in [6, 6.07) is 8.78. The van der Waals surface area contributed by atoms with E-state index >= 15 is 0 Å². The molecule has 1 aliphatic rings. The standard InChI is InChI=1S/C12H16N2O5/c15-8-7(9(16)11(18)12(19)10(8)17)14-13-6-4-2-1-3-5-6/h1-5,8-13,15-19H/t8-,9+,10-,11-,12?/m1/s1. The molecular weight excluding hydrogens is 252 g/mol. The summed E-state index contributed by atoms with van der Waals surface area (Å²) in [5.41, 5.74) is 2.98. The van der Waals surface area contributed by atoms with E-state index in [1.165, 1.54) is 0 Å². The summed E-state index contributed by atoms with van der Waals surface area (Å²) in [5.74, 6) is 0. The maximum absolute atomic E-state index is 9.72. The number of nitrogens with zero attached hydrogens (tertiary/aromatic N) is 1. The Morgan fingerprint density at radius 1 is 0.789 bits per heavy atom. The summed E-state index contributed by atoms with van der Waals surface area (Å²) in [6.07, 6.45) is -7.93. The third kappa shape index (κ3) is 2.75. The molecule has 19 heavy (non-hydrogen) atoms. The molecule has 7 nitrogen and oxygen atoms in total. The van der Waals surface area contributed by atoms with E-state index in [1.807, 2.05) is 6.07 Å². The van der Waals surface area contributed by atoms with Crippen LogP contribution in [0.25, 0.3) is 0 Å². The zero-order valence-electron chi connectivity index (χ0n) is 9.96. The van der Waals surface area contributed by atoms with Gasteiger partial charge in [-0.15, -0.1) is 0 Å². The summed E-state index contributed by atoms with van der Waals surface area (Å²) in [4.78, 5) is 0. The van der Waals surface area contributed by atoms with Gasteiger partial charge in [-0.1, -0.05) is 18.2 Å². The van der Waals surface area contributed by atoms with Gasteiger partial charge in [0, 0.05) is 0 Å². The number of hydrazone groups is 1. The van der Waals surface area contributed by atoms with E-state index in [4.69, 9.17) is 0 Å². The molecule has 1 fully saturated rings. The van der Waals surface area contributed by atoms with Crippen LogP contribution in [0.1, 0.15) is 0 Å². The molecular formula is C12H16N2O5. The van der Waals surface area contributed by atoms with Gasteiger partial charge in [0.05, 0.1) is 5.69 Å². The van der Waals surface area contributed by atoms with Gasteiger partial charge in [-0.2, -0.15) is 5.10 Å². The molecule has 0 bridgehead atoms. The SMILES string of the molecule is OC1[C@H](O)[C@H](O)C(=NNc2ccccc2)[C@H](O)[C@H]1O. The minimum Gasteiger partial charge on any atom is -0.387 e. The molecule has 0 saturated heterocycles. The zero-order chi connectivity index (χ0) is 14.0. The minimum atomic E-state index is -1.62. The van der Waals surface area contributed by atoms with Crippen LogP contribution >= 0.6 is 0 Å². The summed E-state index contributed by atoms with van der Waals surface area (Å²) >= 11 is 0. The second-order valence-electron chi connectivity index (χ2n) is 4.38. The van der Waals surface area contributed by atoms with Crippen LogP contribution < -0.4 is 5.43 Å². The first-order valence-corrected chi connectivity index (χ1v) is 5.81. The lowest BCUT2D eigenvalue weighted by Gasteiger charge is -2.36. The molecule has 1 aromatic carbocycles. The summed E-state index contributed by atoms with van der Waals surface area (Å²) in [6.45, 7) is 0. The fraction of sp³-hybridized carbons (Fsp3) is 0.417. The van der Waals surface area contributed by atoms with E-state index in [9.17, 15) is 25.5 Å². The number of aliphatic hydroxyl groups excluding tert-OH is 5. The van der Waals surface area contributed by atoms with Gasteiger partial charge in [0.1, 0.15) is 36.2 Å². The van der Waals surface area contributed by atoms with Gasteiger partial charge >= 0.3 is 0 Å². The van der Waals surface area contributed by atoms with Gasteiger partial charge in [-0.05, 0) is 12.1 Å². The number of hydrogen-bond acceptors (Lipinski definition) is 7. The zero-order valence-corrected chi connectivity index (χ0v) is 9.96. The van der Waals surface area contributed by atoms with Crippen molar-refractivity contribution in [3.05, 3.63) is 30.3 Å². The largest absolute Gasteiger partial charge is 0.387 e. The fourth-order valence-corrected chi connectivity index (χ4v) is 1.87. The van der Waals surface area contributed by atoms with Crippen LogP contribution in [0.4, 0.5) is 5.69 Å². The quantitative estimate of drug-likeness (QED) is 0.354. The van der Waals surface area contributed by atoms with Crippen LogP contribution in [0, 0.1) is 0 Å². The van der Waals surface area contributed by atoms with Crippen molar-refractivity contribution in [2.75, 3.05) is 5.43 Å². The molecule has 1 unspecified atom stereocenters. The first-order valence-electron chi connectivity index (χ1n) is 5.81. The Balaban J connectivity index is 2.17. The monoisotopic (exact) mass is 268 g/mol. The highest BCUT2D eigenvalue weighted by Crippen LogP contribution is 2.19. The molecule has 2 rings (SSSR count). The molecule has 0 amide bonds. The van der Waals surface area contributed by atoms with Crippen molar-refractivity contribution in [2.45, 2.75) is 30.5 Å². The molecule has 0 heterocycles. The molecule has 1 aliphatic carbocycles. The average Bonchev–Trinajstić information content (AvgIpc) is 2.44. The van der Waals surface area contributed by atoms with Gasteiger partial charge < -0.3 is 25.5 Å². The predicted molar refractivity (Wildman–Crippen MR) is 67.5 cm³/mol. The normalized spacial score (nSPS) is 37.3. The van der Waals surface area contributed by atoms with Crippen molar-refractivity contribution < 1.29 is 25.5 Å². The van der Waals surface area contributed by atoms with E-state index < -0.39 is 30.5 Å². The summed E-state index contributed by atoms with van der Waals surface area (Å²) < 4.78 is 0. The summed E-state index contributed by atoms with van der Waals surface area (Å²) in [5, 5.41) is 51.7. The Morgan fingerprint density at radius 2 is 1.32 bits per heavy atom. The van der Waals surface area contributed by atoms with Crippen LogP contribution in [0.2, 0.25) is 0 Å². The third-order valence-corrected chi connectivity index (χ3v) is 3.04. The Morgan fingerprint density at radius 3 is 1.84 bits per heavy atom. The fourth-order valence-electron chi connectivity index (χ4n) is 1.87. The number of anilines is 1. The van der Waals surface area contributed by atoms with E-state index in [-0.39, 0.29) is 5.71 Å². The topological polar surface area (TPSA) is 126 Å². The first-order chi connectivity index (χ1) is 9.02. The number of rotatable bonds is 2. The van der Waals surface area contributed by atoms with Crippen molar-refractivity contribution in [3.63, 3.8) is 0 Å². The van der Waals surface area contributed by atoms with E-state index in [1.54, 1.807) is 24.3 Å². The van der Waals surface area contributed by atoms with Crippen LogP contribution in [0.3, 0.4) is 0 Å². The van der Waals surface area contributed by atoms with Crippen molar-refractivity contribution in [2.24, 2.45) is 5.10 Å². The van der Waals surface area contributed by atoms with Gasteiger partial charge in [0.25, 0.3) is 0 Å². The number of nitrogens with one attached hydrogen (secondary N) is 1. The van der Waals surface area contributed by atoms with Gasteiger partial charge in [-0.25, -0.2) is 0 Å². The Bertz CT molecular complexity index is 435. The number of benzene rings is 1. The van der Waals surface area contributed by atoms with Crippen LogP contribution in [-0.2, 0) is 0 Å². The van der Waals surface area contributed by atoms with Gasteiger partial charge in [0.2, 0.25) is 0 Å². The van der Waals surface area contributed by atoms with Crippen LogP contribution in [-0.4, -0.2) is 61.8 Å². The molecule has 0 spiro atoms. The highest BCUT2D eigenvalue weighted by Gasteiger charge is 2.46. The van der Waals surface area contributed by atoms with E-state index in [2.05, 4.69) is 10.5 Å². The first kappa shape index (κ1) is 13.9. The second kappa shape index (κ2) is 5.64. The summed E-state index contributed by atoms with van der Waals surface area (Å²) in [7, 11) is 0. The van der Waals surface area contributed by atoms with E-state index in [0.29, 0.717) is 5.69 Å². The van der Waals surface area contributed by atoms with Gasteiger partial charge in [-0.3, -0.25) is 5.43 Å². The maximum Gasteiger partial charge on any atom is 0.125 e. The second-order valence-corrected chi connectivity index (χ2v) is 4.38. The molecule has 104 valence electrons. The van der Waals surface area contributed by atoms with Crippen molar-refractivity contribution >= 4 is 11.4 Å². The molecule has 6 N–H and O–H groups in total. The van der Waals surface area contributed by atoms with Crippen molar-refractivity contribution in [1.82, 2.24) is 0 Å². The third-order valence-electron chi connectivity index (χ3n) is 3.04. The number of para-hydroxylation sites is 1. The van der Waals surface area contributed by atoms with Crippen LogP contribution in [0.5, 0.6) is 0 Å². The smallest absolute Gasteiger partial charge is 0.125 e. The Labute approximate surface area is 109 Å². The molecule has 0 aromatic heterocycles. The van der Waals surface area contributed by atoms with E-state index in [0.717, 1.165) is 0 Å². The van der Waals surface area contributed by atoms with Crippen molar-refractivity contribution in [1.29, 1.82) is 0 Å². The van der Waals surface area contributed by atoms with Crippen LogP contribution in [0.15, 0.2) is 35.4 Å². The molecule has 5 atom stereocenters.